The Kier molecular flexibility index (Phi) is 1.84. The van der Waals surface area contributed by atoms with Gasteiger partial charge in [-0.05, 0) is 19.3 Å². The molecule has 0 aliphatic carbocycles. The van der Waals surface area contributed by atoms with Gasteiger partial charge in [-0.15, -0.1) is 0 Å². The number of nitrogens with one attached hydrogen (secondary N) is 1. The lowest BCUT2D eigenvalue weighted by Gasteiger charge is -2.43. The smallest absolute Gasteiger partial charge is 0.336 e. The fourth-order valence-corrected chi connectivity index (χ4v) is 2.40. The molecule has 3 atom stereocenters. The second kappa shape index (κ2) is 2.72. The van der Waals surface area contributed by atoms with E-state index >= 15 is 0 Å². The molecule has 0 saturated carbocycles. The number of ether oxygens (including phenoxy) is 1. The van der Waals surface area contributed by atoms with Crippen molar-refractivity contribution >= 4 is 11.9 Å². The SMILES string of the molecule is CC(C)C[C@]12NC(=O)[C@H](C)[C@@H]1OC2=O. The van der Waals surface area contributed by atoms with Gasteiger partial charge in [-0.2, -0.15) is 0 Å². The second-order valence-corrected chi connectivity index (χ2v) is 4.67. The highest BCUT2D eigenvalue weighted by Gasteiger charge is 2.66. The molecule has 0 bridgehead atoms. The van der Waals surface area contributed by atoms with Crippen molar-refractivity contribution in [2.75, 3.05) is 0 Å². The van der Waals surface area contributed by atoms with Crippen LogP contribution in [0.4, 0.5) is 0 Å². The highest BCUT2D eigenvalue weighted by Crippen LogP contribution is 2.42. The Bertz CT molecular complexity index is 300. The van der Waals surface area contributed by atoms with E-state index in [0.29, 0.717) is 12.3 Å². The maximum Gasteiger partial charge on any atom is 0.336 e. The monoisotopic (exact) mass is 197 g/mol. The van der Waals surface area contributed by atoms with Crippen LogP contribution < -0.4 is 5.32 Å². The number of carbonyl (C=O) groups excluding carboxylic acids is 2. The van der Waals surface area contributed by atoms with Crippen molar-refractivity contribution in [2.45, 2.75) is 38.8 Å². The number of hydrogen-bond acceptors (Lipinski definition) is 3. The first kappa shape index (κ1) is 9.49. The van der Waals surface area contributed by atoms with Gasteiger partial charge in [0.05, 0.1) is 5.92 Å². The minimum Gasteiger partial charge on any atom is -0.457 e. The fourth-order valence-electron chi connectivity index (χ4n) is 2.40. The summed E-state index contributed by atoms with van der Waals surface area (Å²) >= 11 is 0. The van der Waals surface area contributed by atoms with Gasteiger partial charge in [-0.3, -0.25) is 4.79 Å². The van der Waals surface area contributed by atoms with E-state index in [2.05, 4.69) is 5.32 Å². The zero-order valence-corrected chi connectivity index (χ0v) is 8.66. The molecule has 2 aliphatic rings. The molecular formula is C10H15NO3. The standard InChI is InChI=1S/C10H15NO3/c1-5(2)4-10-7(14-9(10)13)6(3)8(12)11-10/h5-7H,4H2,1-3H3,(H,11,12)/t6-,7+,10+/m1/s1. The van der Waals surface area contributed by atoms with Crippen LogP contribution in [0.2, 0.25) is 0 Å². The molecule has 2 aliphatic heterocycles. The van der Waals surface area contributed by atoms with Crippen molar-refractivity contribution in [3.63, 3.8) is 0 Å². The summed E-state index contributed by atoms with van der Waals surface area (Å²) in [5.74, 6) is -0.169. The summed E-state index contributed by atoms with van der Waals surface area (Å²) in [6, 6.07) is 0. The summed E-state index contributed by atoms with van der Waals surface area (Å²) in [5, 5.41) is 2.78. The van der Waals surface area contributed by atoms with E-state index in [1.165, 1.54) is 0 Å². The molecule has 14 heavy (non-hydrogen) atoms. The average Bonchev–Trinajstić information content (AvgIpc) is 2.26. The summed E-state index contributed by atoms with van der Waals surface area (Å²) in [7, 11) is 0. The van der Waals surface area contributed by atoms with Crippen LogP contribution in [0, 0.1) is 11.8 Å². The molecule has 2 heterocycles. The molecule has 4 nitrogen and oxygen atoms in total. The maximum absolute atomic E-state index is 11.4. The first-order valence-electron chi connectivity index (χ1n) is 5.00. The quantitative estimate of drug-likeness (QED) is 0.654. The Hall–Kier alpha value is -1.06. The van der Waals surface area contributed by atoms with Crippen LogP contribution in [-0.4, -0.2) is 23.5 Å². The van der Waals surface area contributed by atoms with Crippen molar-refractivity contribution in [1.82, 2.24) is 5.32 Å². The molecule has 78 valence electrons. The van der Waals surface area contributed by atoms with Crippen LogP contribution in [0.3, 0.4) is 0 Å². The third kappa shape index (κ3) is 0.996. The van der Waals surface area contributed by atoms with Crippen LogP contribution in [0.1, 0.15) is 27.2 Å². The third-order valence-corrected chi connectivity index (χ3v) is 3.03. The van der Waals surface area contributed by atoms with Gasteiger partial charge in [-0.1, -0.05) is 13.8 Å². The number of fused-ring (bicyclic) bond motifs is 1. The highest BCUT2D eigenvalue weighted by atomic mass is 16.6. The van der Waals surface area contributed by atoms with Gasteiger partial charge in [0.1, 0.15) is 6.10 Å². The molecule has 0 unspecified atom stereocenters. The molecule has 1 amide bonds. The van der Waals surface area contributed by atoms with Gasteiger partial charge in [0.25, 0.3) is 0 Å². The van der Waals surface area contributed by atoms with Gasteiger partial charge < -0.3 is 10.1 Å². The van der Waals surface area contributed by atoms with E-state index in [1.54, 1.807) is 6.92 Å². The van der Waals surface area contributed by atoms with Gasteiger partial charge in [-0.25, -0.2) is 4.79 Å². The van der Waals surface area contributed by atoms with Crippen molar-refractivity contribution in [3.05, 3.63) is 0 Å². The van der Waals surface area contributed by atoms with E-state index in [1.807, 2.05) is 13.8 Å². The lowest BCUT2D eigenvalue weighted by atomic mass is 9.79. The average molecular weight is 197 g/mol. The predicted octanol–water partition coefficient (Wildman–Crippen LogP) is 0.463. The van der Waals surface area contributed by atoms with Gasteiger partial charge in [0.2, 0.25) is 5.91 Å². The largest absolute Gasteiger partial charge is 0.457 e. The molecule has 2 fully saturated rings. The number of hydrogen-bond donors (Lipinski definition) is 1. The molecule has 0 radical (unpaired) electrons. The Morgan fingerprint density at radius 3 is 2.57 bits per heavy atom. The fraction of sp³-hybridized carbons (Fsp3) is 0.800. The molecule has 0 spiro atoms. The Balaban J connectivity index is 2.24. The van der Waals surface area contributed by atoms with E-state index in [4.69, 9.17) is 4.74 Å². The molecule has 0 aromatic rings. The van der Waals surface area contributed by atoms with Crippen molar-refractivity contribution < 1.29 is 14.3 Å². The lowest BCUT2D eigenvalue weighted by molar-refractivity contribution is -0.193. The van der Waals surface area contributed by atoms with Crippen molar-refractivity contribution in [1.29, 1.82) is 0 Å². The minimum absolute atomic E-state index is 0.0681. The number of rotatable bonds is 2. The van der Waals surface area contributed by atoms with Crippen LogP contribution in [-0.2, 0) is 14.3 Å². The Morgan fingerprint density at radius 2 is 2.14 bits per heavy atom. The molecule has 4 heteroatoms. The summed E-state index contributed by atoms with van der Waals surface area (Å²) in [5.41, 5.74) is -0.704. The van der Waals surface area contributed by atoms with Gasteiger partial charge in [0, 0.05) is 0 Å². The molecular weight excluding hydrogens is 182 g/mol. The van der Waals surface area contributed by atoms with E-state index < -0.39 is 5.54 Å². The molecule has 2 saturated heterocycles. The summed E-state index contributed by atoms with van der Waals surface area (Å²) in [6.07, 6.45) is 0.428. The Morgan fingerprint density at radius 1 is 1.50 bits per heavy atom. The second-order valence-electron chi connectivity index (χ2n) is 4.67. The normalized spacial score (nSPS) is 40.3. The zero-order chi connectivity index (χ0) is 10.5. The molecule has 0 aromatic heterocycles. The van der Waals surface area contributed by atoms with Crippen LogP contribution in [0.5, 0.6) is 0 Å². The van der Waals surface area contributed by atoms with Crippen LogP contribution in [0.25, 0.3) is 0 Å². The van der Waals surface area contributed by atoms with Crippen molar-refractivity contribution in [2.24, 2.45) is 11.8 Å². The summed E-state index contributed by atoms with van der Waals surface area (Å²) in [6.45, 7) is 5.87. The van der Waals surface area contributed by atoms with E-state index in [-0.39, 0.29) is 23.9 Å². The summed E-state index contributed by atoms with van der Waals surface area (Å²) in [4.78, 5) is 22.8. The number of amides is 1. The number of esters is 1. The van der Waals surface area contributed by atoms with Crippen molar-refractivity contribution in [3.8, 4) is 0 Å². The minimum atomic E-state index is -0.704. The van der Waals surface area contributed by atoms with Crippen LogP contribution in [0.15, 0.2) is 0 Å². The van der Waals surface area contributed by atoms with Gasteiger partial charge >= 0.3 is 5.97 Å². The van der Waals surface area contributed by atoms with Gasteiger partial charge in [0.15, 0.2) is 5.54 Å². The van der Waals surface area contributed by atoms with E-state index in [9.17, 15) is 9.59 Å². The molecule has 0 aromatic carbocycles. The molecule has 1 N–H and O–H groups in total. The zero-order valence-electron chi connectivity index (χ0n) is 8.66. The number of carbonyl (C=O) groups is 2. The third-order valence-electron chi connectivity index (χ3n) is 3.03. The maximum atomic E-state index is 11.4. The first-order chi connectivity index (χ1) is 6.47. The summed E-state index contributed by atoms with van der Waals surface area (Å²) < 4.78 is 5.03. The molecule has 2 rings (SSSR count). The van der Waals surface area contributed by atoms with E-state index in [0.717, 1.165) is 0 Å². The Labute approximate surface area is 83.0 Å². The highest BCUT2D eigenvalue weighted by molar-refractivity contribution is 5.99. The predicted molar refractivity (Wildman–Crippen MR) is 49.4 cm³/mol. The lowest BCUT2D eigenvalue weighted by Crippen LogP contribution is -2.67. The topological polar surface area (TPSA) is 55.4 Å². The first-order valence-corrected chi connectivity index (χ1v) is 5.00. The van der Waals surface area contributed by atoms with Crippen LogP contribution >= 0.6 is 0 Å².